The summed E-state index contributed by atoms with van der Waals surface area (Å²) in [5.41, 5.74) is 10.2. The number of aryl methyl sites for hydroxylation is 1. The van der Waals surface area contributed by atoms with Crippen LogP contribution in [0.25, 0.3) is 5.69 Å². The van der Waals surface area contributed by atoms with Crippen molar-refractivity contribution < 1.29 is 9.59 Å². The number of nitrogens with two attached hydrogens (primary N) is 1. The summed E-state index contributed by atoms with van der Waals surface area (Å²) < 4.78 is 1.78. The Balaban J connectivity index is 1.22. The van der Waals surface area contributed by atoms with Crippen LogP contribution in [0.1, 0.15) is 63.3 Å². The van der Waals surface area contributed by atoms with Crippen LogP contribution in [0, 0.1) is 18.3 Å². The number of carbonyl (C=O) groups is 2. The van der Waals surface area contributed by atoms with Crippen LogP contribution in [-0.4, -0.2) is 63.2 Å². The number of hydrogen-bond acceptors (Lipinski definition) is 4. The van der Waals surface area contributed by atoms with Crippen molar-refractivity contribution in [3.05, 3.63) is 71.4 Å². The number of carbonyl (C=O) groups excluding carboxylic acids is 2. The number of nitrogens with one attached hydrogen (secondary N) is 3. The summed E-state index contributed by atoms with van der Waals surface area (Å²) >= 11 is 0. The average Bonchev–Trinajstić information content (AvgIpc) is 3.47. The second-order valence-corrected chi connectivity index (χ2v) is 13.2. The van der Waals surface area contributed by atoms with Crippen molar-refractivity contribution in [2.75, 3.05) is 24.2 Å². The lowest BCUT2D eigenvalue weighted by Gasteiger charge is -2.40. The summed E-state index contributed by atoms with van der Waals surface area (Å²) in [6.07, 6.45) is 4.87. The van der Waals surface area contributed by atoms with Gasteiger partial charge in [0, 0.05) is 36.3 Å². The van der Waals surface area contributed by atoms with Crippen LogP contribution in [0.4, 0.5) is 16.3 Å². The molecule has 2 fully saturated rings. The fraction of sp³-hybridized carbons (Fsp3) is 0.455. The van der Waals surface area contributed by atoms with Crippen LogP contribution in [-0.2, 0) is 16.6 Å². The minimum atomic E-state index is -0.328. The number of urea groups is 1. The van der Waals surface area contributed by atoms with E-state index < -0.39 is 0 Å². The number of hydrogen-bond donors (Lipinski definition) is 4. The van der Waals surface area contributed by atoms with Gasteiger partial charge in [-0.05, 0) is 74.8 Å². The Bertz CT molecular complexity index is 1480. The third kappa shape index (κ3) is 7.01. The molecule has 0 radical (unpaired) electrons. The van der Waals surface area contributed by atoms with Gasteiger partial charge in [-0.3, -0.25) is 15.5 Å². The summed E-state index contributed by atoms with van der Waals surface area (Å²) in [5.74, 6) is 1.04. The maximum atomic E-state index is 13.2. The fourth-order valence-electron chi connectivity index (χ4n) is 6.34. The first-order chi connectivity index (χ1) is 20.4. The molecule has 0 saturated carbocycles. The molecule has 2 aromatic carbocycles. The summed E-state index contributed by atoms with van der Waals surface area (Å²) in [4.78, 5) is 29.7. The van der Waals surface area contributed by atoms with Crippen LogP contribution >= 0.6 is 0 Å². The number of anilines is 2. The third-order valence-corrected chi connectivity index (χ3v) is 8.61. The Morgan fingerprint density at radius 2 is 1.72 bits per heavy atom. The molecular formula is C33H44N8O2. The minimum absolute atomic E-state index is 0.0548. The molecule has 43 heavy (non-hydrogen) atoms. The van der Waals surface area contributed by atoms with Gasteiger partial charge in [-0.15, -0.1) is 0 Å². The fourth-order valence-corrected chi connectivity index (χ4v) is 6.34. The Morgan fingerprint density at radius 1 is 1.05 bits per heavy atom. The quantitative estimate of drug-likeness (QED) is 0.222. The van der Waals surface area contributed by atoms with Gasteiger partial charge in [0.15, 0.2) is 5.96 Å². The monoisotopic (exact) mass is 584 g/mol. The Kier molecular flexibility index (Phi) is 8.48. The Morgan fingerprint density at radius 3 is 2.35 bits per heavy atom. The van der Waals surface area contributed by atoms with E-state index in [1.807, 2.05) is 60.4 Å². The number of benzene rings is 2. The zero-order valence-corrected chi connectivity index (χ0v) is 25.9. The van der Waals surface area contributed by atoms with Crippen LogP contribution < -0.4 is 16.4 Å². The van der Waals surface area contributed by atoms with Crippen LogP contribution in [0.5, 0.6) is 0 Å². The normalized spacial score (nSPS) is 19.7. The molecule has 2 saturated heterocycles. The second-order valence-electron chi connectivity index (χ2n) is 13.2. The molecule has 2 bridgehead atoms. The lowest BCUT2D eigenvalue weighted by molar-refractivity contribution is -0.136. The molecule has 0 aliphatic carbocycles. The van der Waals surface area contributed by atoms with E-state index in [1.165, 1.54) is 4.90 Å². The van der Waals surface area contributed by atoms with Crippen molar-refractivity contribution >= 4 is 29.4 Å². The highest BCUT2D eigenvalue weighted by Crippen LogP contribution is 2.40. The van der Waals surface area contributed by atoms with Gasteiger partial charge in [0.2, 0.25) is 5.91 Å². The molecule has 2 atom stereocenters. The lowest BCUT2D eigenvalue weighted by Crippen LogP contribution is -2.51. The standard InChI is InChI=1S/C33H44N8O2/c1-21-9-11-25(12-10-21)41-29(19-28(38-41)33(2,3)4)37-32(43)36-24-8-6-7-22(16-24)15-23-17-26-13-14-27(18-23)40(26)30(42)20-39(5)31(34)35/h6-12,16,19,23,26-27H,13-15,17-18,20H2,1-5H3,(H3,34,35)(H2,36,37,43). The van der Waals surface area contributed by atoms with Crippen LogP contribution in [0.15, 0.2) is 54.6 Å². The van der Waals surface area contributed by atoms with Gasteiger partial charge in [0.05, 0.1) is 17.9 Å². The lowest BCUT2D eigenvalue weighted by atomic mass is 9.85. The first-order valence-electron chi connectivity index (χ1n) is 15.1. The van der Waals surface area contributed by atoms with E-state index in [2.05, 4.69) is 37.5 Å². The highest BCUT2D eigenvalue weighted by atomic mass is 16.2. The molecule has 1 aromatic heterocycles. The number of fused-ring (bicyclic) bond motifs is 2. The molecule has 5 rings (SSSR count). The summed E-state index contributed by atoms with van der Waals surface area (Å²) in [6, 6.07) is 18.2. The highest BCUT2D eigenvalue weighted by Gasteiger charge is 2.43. The molecule has 5 N–H and O–H groups in total. The first kappa shape index (κ1) is 30.1. The zero-order valence-electron chi connectivity index (χ0n) is 25.9. The number of piperidine rings is 1. The first-order valence-corrected chi connectivity index (χ1v) is 15.1. The van der Waals surface area contributed by atoms with E-state index in [0.717, 1.165) is 60.3 Å². The van der Waals surface area contributed by atoms with Crippen molar-refractivity contribution in [1.29, 1.82) is 5.41 Å². The van der Waals surface area contributed by atoms with E-state index in [-0.39, 0.29) is 41.9 Å². The van der Waals surface area contributed by atoms with Crippen molar-refractivity contribution in [1.82, 2.24) is 19.6 Å². The zero-order chi connectivity index (χ0) is 30.9. The molecule has 3 aromatic rings. The highest BCUT2D eigenvalue weighted by molar-refractivity contribution is 5.99. The van der Waals surface area contributed by atoms with Gasteiger partial charge >= 0.3 is 6.03 Å². The summed E-state index contributed by atoms with van der Waals surface area (Å²) in [5, 5.41) is 18.4. The topological polar surface area (TPSA) is 132 Å². The van der Waals surface area contributed by atoms with Crippen molar-refractivity contribution in [2.24, 2.45) is 11.7 Å². The summed E-state index contributed by atoms with van der Waals surface area (Å²) in [7, 11) is 1.68. The SMILES string of the molecule is Cc1ccc(-n2nc(C(C)(C)C)cc2NC(=O)Nc2cccc(CC3CC4CCC(C3)N4C(=O)CN(C)C(=N)N)c2)cc1. The van der Waals surface area contributed by atoms with Gasteiger partial charge in [-0.2, -0.15) is 5.10 Å². The molecule has 3 heterocycles. The number of rotatable bonds is 7. The maximum absolute atomic E-state index is 13.2. The van der Waals surface area contributed by atoms with Crippen LogP contribution in [0.2, 0.25) is 0 Å². The molecular weight excluding hydrogens is 540 g/mol. The van der Waals surface area contributed by atoms with Crippen LogP contribution in [0.3, 0.4) is 0 Å². The van der Waals surface area contributed by atoms with E-state index in [1.54, 1.807) is 11.7 Å². The van der Waals surface area contributed by atoms with Crippen molar-refractivity contribution in [2.45, 2.75) is 77.3 Å². The molecule has 0 spiro atoms. The second kappa shape index (κ2) is 12.1. The third-order valence-electron chi connectivity index (χ3n) is 8.61. The van der Waals surface area contributed by atoms with Gasteiger partial charge < -0.3 is 20.9 Å². The Labute approximate surface area is 254 Å². The molecule has 2 aliphatic heterocycles. The van der Waals surface area contributed by atoms with E-state index in [0.29, 0.717) is 11.7 Å². The molecule has 228 valence electrons. The predicted octanol–water partition coefficient (Wildman–Crippen LogP) is 5.26. The van der Waals surface area contributed by atoms with E-state index in [9.17, 15) is 9.59 Å². The number of amides is 3. The maximum Gasteiger partial charge on any atom is 0.324 e. The smallest absolute Gasteiger partial charge is 0.324 e. The number of likely N-dealkylation sites (N-methyl/N-ethyl adjacent to an activating group) is 1. The largest absolute Gasteiger partial charge is 0.370 e. The number of nitrogens with zero attached hydrogens (tertiary/aromatic N) is 4. The summed E-state index contributed by atoms with van der Waals surface area (Å²) in [6.45, 7) is 8.49. The van der Waals surface area contributed by atoms with Gasteiger partial charge in [0.1, 0.15) is 5.82 Å². The average molecular weight is 585 g/mol. The van der Waals surface area contributed by atoms with E-state index >= 15 is 0 Å². The van der Waals surface area contributed by atoms with Gasteiger partial charge in [-0.1, -0.05) is 50.6 Å². The molecule has 2 unspecified atom stereocenters. The van der Waals surface area contributed by atoms with Gasteiger partial charge in [0.25, 0.3) is 0 Å². The molecule has 10 nitrogen and oxygen atoms in total. The molecule has 10 heteroatoms. The van der Waals surface area contributed by atoms with E-state index in [4.69, 9.17) is 16.2 Å². The number of aromatic nitrogens is 2. The van der Waals surface area contributed by atoms with Crippen molar-refractivity contribution in [3.8, 4) is 5.69 Å². The number of guanidine groups is 1. The minimum Gasteiger partial charge on any atom is -0.370 e. The Hall–Kier alpha value is -4.34. The molecule has 2 aliphatic rings. The van der Waals surface area contributed by atoms with Gasteiger partial charge in [-0.25, -0.2) is 9.48 Å². The van der Waals surface area contributed by atoms with Crippen molar-refractivity contribution in [3.63, 3.8) is 0 Å². The molecule has 3 amide bonds. The predicted molar refractivity (Wildman–Crippen MR) is 171 cm³/mol.